The lowest BCUT2D eigenvalue weighted by molar-refractivity contribution is -0.395. The lowest BCUT2D eigenvalue weighted by Gasteiger charge is -2.09. The highest BCUT2D eigenvalue weighted by Crippen LogP contribution is 2.41. The molecule has 3 aromatic carbocycles. The number of para-hydroxylation sites is 1. The molecule has 0 aromatic heterocycles. The van der Waals surface area contributed by atoms with E-state index in [-0.39, 0.29) is 5.75 Å². The molecule has 0 unspecified atom stereocenters. The quantitative estimate of drug-likeness (QED) is 0.524. The van der Waals surface area contributed by atoms with Crippen molar-refractivity contribution in [3.8, 4) is 11.5 Å². The maximum absolute atomic E-state index is 11.2. The van der Waals surface area contributed by atoms with Crippen LogP contribution in [0.2, 0.25) is 0 Å². The van der Waals surface area contributed by atoms with Gasteiger partial charge in [0.2, 0.25) is 0 Å². The Morgan fingerprint density at radius 3 is 1.96 bits per heavy atom. The summed E-state index contributed by atoms with van der Waals surface area (Å²) in [6.45, 7) is 0. The first-order valence-electron chi connectivity index (χ1n) is 6.65. The molecule has 0 radical (unpaired) electrons. The van der Waals surface area contributed by atoms with Crippen LogP contribution >= 0.6 is 0 Å². The van der Waals surface area contributed by atoms with Crippen molar-refractivity contribution in [2.45, 2.75) is 0 Å². The van der Waals surface area contributed by atoms with Crippen LogP contribution in [0.3, 0.4) is 0 Å². The standard InChI is InChI=1S/C16H10N2O5/c19-17(20)13-8-4-9-14(18(21)22)16(13)23-15-10-3-6-11-5-1-2-7-12(11)15/h1-10H. The van der Waals surface area contributed by atoms with Crippen LogP contribution in [-0.4, -0.2) is 9.85 Å². The molecule has 0 saturated carbocycles. The van der Waals surface area contributed by atoms with E-state index in [1.807, 2.05) is 18.2 Å². The fourth-order valence-electron chi connectivity index (χ4n) is 2.30. The van der Waals surface area contributed by atoms with E-state index in [0.717, 1.165) is 5.39 Å². The van der Waals surface area contributed by atoms with Crippen molar-refractivity contribution < 1.29 is 14.6 Å². The molecule has 0 aliphatic rings. The molecule has 0 N–H and O–H groups in total. The van der Waals surface area contributed by atoms with Crippen LogP contribution in [0.5, 0.6) is 11.5 Å². The Morgan fingerprint density at radius 1 is 0.739 bits per heavy atom. The summed E-state index contributed by atoms with van der Waals surface area (Å²) in [7, 11) is 0. The zero-order valence-electron chi connectivity index (χ0n) is 11.7. The van der Waals surface area contributed by atoms with Crippen molar-refractivity contribution in [3.05, 3.63) is 80.9 Å². The largest absolute Gasteiger partial charge is 0.444 e. The molecule has 7 heteroatoms. The van der Waals surface area contributed by atoms with Crippen LogP contribution in [0, 0.1) is 20.2 Å². The Morgan fingerprint density at radius 2 is 1.30 bits per heavy atom. The zero-order chi connectivity index (χ0) is 16.4. The maximum atomic E-state index is 11.2. The monoisotopic (exact) mass is 310 g/mol. The second kappa shape index (κ2) is 5.72. The number of hydrogen-bond donors (Lipinski definition) is 0. The van der Waals surface area contributed by atoms with Gasteiger partial charge in [-0.05, 0) is 17.5 Å². The molecule has 0 amide bonds. The van der Waals surface area contributed by atoms with E-state index in [0.29, 0.717) is 11.1 Å². The summed E-state index contributed by atoms with van der Waals surface area (Å²) in [6, 6.07) is 16.1. The average molecular weight is 310 g/mol. The van der Waals surface area contributed by atoms with Crippen molar-refractivity contribution >= 4 is 22.1 Å². The number of ether oxygens (including phenoxy) is 1. The number of nitrogens with zero attached hydrogens (tertiary/aromatic N) is 2. The van der Waals surface area contributed by atoms with Crippen LogP contribution in [-0.2, 0) is 0 Å². The maximum Gasteiger partial charge on any atom is 0.318 e. The van der Waals surface area contributed by atoms with Crippen molar-refractivity contribution in [3.63, 3.8) is 0 Å². The van der Waals surface area contributed by atoms with Gasteiger partial charge in [0.15, 0.2) is 0 Å². The van der Waals surface area contributed by atoms with Crippen LogP contribution < -0.4 is 4.74 Å². The van der Waals surface area contributed by atoms with Gasteiger partial charge in [0, 0.05) is 17.5 Å². The number of benzene rings is 3. The van der Waals surface area contributed by atoms with Gasteiger partial charge in [-0.15, -0.1) is 0 Å². The summed E-state index contributed by atoms with van der Waals surface area (Å²) in [5, 5.41) is 23.9. The second-order valence-electron chi connectivity index (χ2n) is 4.72. The summed E-state index contributed by atoms with van der Waals surface area (Å²) in [5.41, 5.74) is -0.903. The van der Waals surface area contributed by atoms with Gasteiger partial charge in [-0.25, -0.2) is 0 Å². The van der Waals surface area contributed by atoms with E-state index >= 15 is 0 Å². The molecular weight excluding hydrogens is 300 g/mol. The molecule has 23 heavy (non-hydrogen) atoms. The predicted molar refractivity (Wildman–Crippen MR) is 83.8 cm³/mol. The Balaban J connectivity index is 2.19. The van der Waals surface area contributed by atoms with E-state index in [9.17, 15) is 20.2 Å². The number of fused-ring (bicyclic) bond motifs is 1. The SMILES string of the molecule is O=[N+]([O-])c1cccc([N+](=O)[O-])c1Oc1cccc2ccccc12. The first kappa shape index (κ1) is 14.5. The number of rotatable bonds is 4. The molecular formula is C16H10N2O5. The van der Waals surface area contributed by atoms with E-state index in [2.05, 4.69) is 0 Å². The van der Waals surface area contributed by atoms with Gasteiger partial charge in [-0.2, -0.15) is 0 Å². The first-order chi connectivity index (χ1) is 11.1. The smallest absolute Gasteiger partial charge is 0.318 e. The molecule has 0 aliphatic carbocycles. The lowest BCUT2D eigenvalue weighted by atomic mass is 10.1. The normalized spacial score (nSPS) is 10.4. The van der Waals surface area contributed by atoms with Crippen molar-refractivity contribution in [2.75, 3.05) is 0 Å². The number of nitro groups is 2. The Bertz CT molecular complexity index is 886. The van der Waals surface area contributed by atoms with Crippen molar-refractivity contribution in [2.24, 2.45) is 0 Å². The highest BCUT2D eigenvalue weighted by Gasteiger charge is 2.27. The van der Waals surface area contributed by atoms with E-state index < -0.39 is 21.2 Å². The third kappa shape index (κ3) is 2.67. The van der Waals surface area contributed by atoms with Gasteiger partial charge in [0.1, 0.15) is 5.75 Å². The summed E-state index contributed by atoms with van der Waals surface area (Å²) in [5.74, 6) is -0.0562. The summed E-state index contributed by atoms with van der Waals surface area (Å²) in [4.78, 5) is 20.9. The highest BCUT2D eigenvalue weighted by atomic mass is 16.6. The predicted octanol–water partition coefficient (Wildman–Crippen LogP) is 4.45. The second-order valence-corrected chi connectivity index (χ2v) is 4.72. The Hall–Kier alpha value is -3.48. The lowest BCUT2D eigenvalue weighted by Crippen LogP contribution is -1.98. The van der Waals surface area contributed by atoms with E-state index in [1.54, 1.807) is 24.3 Å². The molecule has 0 bridgehead atoms. The number of nitro benzene ring substituents is 2. The van der Waals surface area contributed by atoms with Crippen LogP contribution in [0.4, 0.5) is 11.4 Å². The van der Waals surface area contributed by atoms with Gasteiger partial charge < -0.3 is 4.74 Å². The van der Waals surface area contributed by atoms with Gasteiger partial charge in [-0.3, -0.25) is 20.2 Å². The minimum atomic E-state index is -0.701. The molecule has 7 nitrogen and oxygen atoms in total. The summed E-state index contributed by atoms with van der Waals surface area (Å²) in [6.07, 6.45) is 0. The van der Waals surface area contributed by atoms with Crippen molar-refractivity contribution in [1.29, 1.82) is 0 Å². The van der Waals surface area contributed by atoms with Gasteiger partial charge in [0.25, 0.3) is 5.75 Å². The minimum absolute atomic E-state index is 0.320. The molecule has 0 heterocycles. The summed E-state index contributed by atoms with van der Waals surface area (Å²) < 4.78 is 5.59. The summed E-state index contributed by atoms with van der Waals surface area (Å²) >= 11 is 0. The zero-order valence-corrected chi connectivity index (χ0v) is 11.7. The molecule has 0 saturated heterocycles. The van der Waals surface area contributed by atoms with E-state index in [1.165, 1.54) is 18.2 Å². The molecule has 0 fully saturated rings. The van der Waals surface area contributed by atoms with Gasteiger partial charge in [0.05, 0.1) is 9.85 Å². The topological polar surface area (TPSA) is 95.5 Å². The molecule has 3 rings (SSSR count). The fraction of sp³-hybridized carbons (Fsp3) is 0. The fourth-order valence-corrected chi connectivity index (χ4v) is 2.30. The molecule has 0 aliphatic heterocycles. The number of hydrogen-bond acceptors (Lipinski definition) is 5. The highest BCUT2D eigenvalue weighted by molar-refractivity contribution is 5.88. The Labute approximate surface area is 130 Å². The third-order valence-electron chi connectivity index (χ3n) is 3.33. The molecule has 3 aromatic rings. The molecule has 114 valence electrons. The van der Waals surface area contributed by atoms with Crippen LogP contribution in [0.15, 0.2) is 60.7 Å². The van der Waals surface area contributed by atoms with Crippen LogP contribution in [0.25, 0.3) is 10.8 Å². The average Bonchev–Trinajstić information content (AvgIpc) is 2.55. The first-order valence-corrected chi connectivity index (χ1v) is 6.65. The minimum Gasteiger partial charge on any atom is -0.444 e. The van der Waals surface area contributed by atoms with Gasteiger partial charge in [-0.1, -0.05) is 36.4 Å². The molecule has 0 spiro atoms. The van der Waals surface area contributed by atoms with Crippen molar-refractivity contribution in [1.82, 2.24) is 0 Å². The van der Waals surface area contributed by atoms with Crippen LogP contribution in [0.1, 0.15) is 0 Å². The van der Waals surface area contributed by atoms with Gasteiger partial charge >= 0.3 is 11.4 Å². The van der Waals surface area contributed by atoms with E-state index in [4.69, 9.17) is 4.74 Å². The Kier molecular flexibility index (Phi) is 3.60. The third-order valence-corrected chi connectivity index (χ3v) is 3.33. The molecule has 0 atom stereocenters.